The number of nitrogens with two attached hydrogens (primary N) is 2. The molecule has 0 fully saturated rings. The van der Waals surface area contributed by atoms with Gasteiger partial charge in [-0.25, -0.2) is 0 Å². The Morgan fingerprint density at radius 2 is 1.72 bits per heavy atom. The molecular weight excluding hydrogens is 220 g/mol. The van der Waals surface area contributed by atoms with Crippen LogP contribution < -0.4 is 11.5 Å². The number of aryl methyl sites for hydroxylation is 2. The Morgan fingerprint density at radius 3 is 2.44 bits per heavy atom. The van der Waals surface area contributed by atoms with E-state index in [-0.39, 0.29) is 0 Å². The second-order valence-electron chi connectivity index (χ2n) is 5.35. The smallest absolute Gasteiger partial charge is 0.113 e. The van der Waals surface area contributed by atoms with Crippen LogP contribution in [0.5, 0.6) is 0 Å². The van der Waals surface area contributed by atoms with Gasteiger partial charge in [0.15, 0.2) is 0 Å². The van der Waals surface area contributed by atoms with E-state index in [1.165, 1.54) is 27.5 Å². The molecule has 0 radical (unpaired) electrons. The lowest BCUT2D eigenvalue weighted by atomic mass is 9.80. The van der Waals surface area contributed by atoms with Crippen molar-refractivity contribution in [3.05, 3.63) is 52.1 Å². The van der Waals surface area contributed by atoms with Crippen LogP contribution in [0.2, 0.25) is 0 Å². The highest BCUT2D eigenvalue weighted by Crippen LogP contribution is 2.39. The van der Waals surface area contributed by atoms with Crippen LogP contribution in [0.4, 0.5) is 0 Å². The van der Waals surface area contributed by atoms with Crippen LogP contribution in [0.15, 0.2) is 29.8 Å². The summed E-state index contributed by atoms with van der Waals surface area (Å²) in [6, 6.07) is 8.45. The first kappa shape index (κ1) is 11.5. The predicted octanol–water partition coefficient (Wildman–Crippen LogP) is 2.94. The SMILES string of the molecule is CC1=Cc2c(C)cc(C)c3cccc(c23)C1(N)N. The fourth-order valence-electron chi connectivity index (χ4n) is 2.93. The van der Waals surface area contributed by atoms with Gasteiger partial charge in [-0.2, -0.15) is 0 Å². The first-order valence-electron chi connectivity index (χ1n) is 6.23. The van der Waals surface area contributed by atoms with Crippen molar-refractivity contribution in [2.24, 2.45) is 11.5 Å². The molecule has 0 bridgehead atoms. The molecule has 2 heteroatoms. The van der Waals surface area contributed by atoms with E-state index in [9.17, 15) is 0 Å². The van der Waals surface area contributed by atoms with Crippen molar-refractivity contribution in [3.8, 4) is 0 Å². The van der Waals surface area contributed by atoms with E-state index in [1.807, 2.05) is 19.1 Å². The Labute approximate surface area is 107 Å². The van der Waals surface area contributed by atoms with Gasteiger partial charge in [0.1, 0.15) is 5.66 Å². The largest absolute Gasteiger partial charge is 0.306 e. The fraction of sp³-hybridized carbons (Fsp3) is 0.250. The van der Waals surface area contributed by atoms with Crippen molar-refractivity contribution in [2.45, 2.75) is 26.4 Å². The summed E-state index contributed by atoms with van der Waals surface area (Å²) in [6.07, 6.45) is 2.13. The van der Waals surface area contributed by atoms with Crippen LogP contribution >= 0.6 is 0 Å². The fourth-order valence-corrected chi connectivity index (χ4v) is 2.93. The molecule has 4 N–H and O–H groups in total. The lowest BCUT2D eigenvalue weighted by Gasteiger charge is -2.33. The summed E-state index contributed by atoms with van der Waals surface area (Å²) in [4.78, 5) is 0. The number of hydrogen-bond donors (Lipinski definition) is 2. The maximum absolute atomic E-state index is 6.30. The summed E-state index contributed by atoms with van der Waals surface area (Å²) < 4.78 is 0. The summed E-state index contributed by atoms with van der Waals surface area (Å²) in [5, 5.41) is 2.46. The topological polar surface area (TPSA) is 52.0 Å². The van der Waals surface area contributed by atoms with Crippen LogP contribution in [0.3, 0.4) is 0 Å². The molecule has 2 aromatic carbocycles. The highest BCUT2D eigenvalue weighted by atomic mass is 15.0. The van der Waals surface area contributed by atoms with Crippen molar-refractivity contribution in [2.75, 3.05) is 0 Å². The molecule has 2 aromatic rings. The van der Waals surface area contributed by atoms with Crippen molar-refractivity contribution in [1.29, 1.82) is 0 Å². The molecule has 92 valence electrons. The van der Waals surface area contributed by atoms with Gasteiger partial charge in [0.05, 0.1) is 0 Å². The maximum Gasteiger partial charge on any atom is 0.113 e. The van der Waals surface area contributed by atoms with E-state index in [0.717, 1.165) is 11.1 Å². The van der Waals surface area contributed by atoms with Crippen LogP contribution in [0.1, 0.15) is 29.2 Å². The van der Waals surface area contributed by atoms with E-state index in [4.69, 9.17) is 11.5 Å². The van der Waals surface area contributed by atoms with Crippen molar-refractivity contribution >= 4 is 16.8 Å². The van der Waals surface area contributed by atoms with Gasteiger partial charge in [-0.05, 0) is 59.4 Å². The molecule has 0 spiro atoms. The molecule has 0 saturated heterocycles. The molecule has 18 heavy (non-hydrogen) atoms. The molecule has 3 rings (SSSR count). The molecule has 0 unspecified atom stereocenters. The zero-order chi connectivity index (χ0) is 13.1. The molecule has 0 aromatic heterocycles. The Hall–Kier alpha value is -1.64. The normalized spacial score (nSPS) is 16.8. The minimum absolute atomic E-state index is 0.854. The summed E-state index contributed by atoms with van der Waals surface area (Å²) in [5.74, 6) is 0. The van der Waals surface area contributed by atoms with E-state index in [0.29, 0.717) is 0 Å². The second-order valence-corrected chi connectivity index (χ2v) is 5.35. The van der Waals surface area contributed by atoms with Crippen molar-refractivity contribution in [1.82, 2.24) is 0 Å². The zero-order valence-electron chi connectivity index (χ0n) is 11.0. The Kier molecular flexibility index (Phi) is 2.19. The predicted molar refractivity (Wildman–Crippen MR) is 77.1 cm³/mol. The minimum Gasteiger partial charge on any atom is -0.306 e. The molecule has 0 aliphatic heterocycles. The third-order valence-corrected chi connectivity index (χ3v) is 4.08. The first-order chi connectivity index (χ1) is 8.43. The second kappa shape index (κ2) is 3.44. The molecule has 2 nitrogen and oxygen atoms in total. The van der Waals surface area contributed by atoms with Crippen LogP contribution in [0.25, 0.3) is 16.8 Å². The lowest BCUT2D eigenvalue weighted by Crippen LogP contribution is -2.48. The van der Waals surface area contributed by atoms with Crippen LogP contribution in [0, 0.1) is 13.8 Å². The molecule has 0 saturated carbocycles. The quantitative estimate of drug-likeness (QED) is 0.693. The Morgan fingerprint density at radius 1 is 1.00 bits per heavy atom. The molecule has 0 atom stereocenters. The Balaban J connectivity index is 2.58. The Bertz CT molecular complexity index is 694. The van der Waals surface area contributed by atoms with Gasteiger partial charge in [0.2, 0.25) is 0 Å². The van der Waals surface area contributed by atoms with E-state index in [2.05, 4.69) is 32.1 Å². The molecule has 1 aliphatic carbocycles. The summed E-state index contributed by atoms with van der Waals surface area (Å²) >= 11 is 0. The van der Waals surface area contributed by atoms with Gasteiger partial charge >= 0.3 is 0 Å². The number of hydrogen-bond acceptors (Lipinski definition) is 2. The van der Waals surface area contributed by atoms with Crippen molar-refractivity contribution < 1.29 is 0 Å². The number of benzene rings is 2. The standard InChI is InChI=1S/C16H18N2/c1-9-7-10(2)13-8-11(3)16(17,18)14-6-4-5-12(9)15(13)14/h4-8H,17-18H2,1-3H3. The summed E-state index contributed by atoms with van der Waals surface area (Å²) in [5.41, 5.74) is 17.6. The third-order valence-electron chi connectivity index (χ3n) is 4.08. The van der Waals surface area contributed by atoms with Gasteiger partial charge in [-0.3, -0.25) is 0 Å². The average Bonchev–Trinajstić information content (AvgIpc) is 2.32. The van der Waals surface area contributed by atoms with Gasteiger partial charge in [0, 0.05) is 0 Å². The maximum atomic E-state index is 6.30. The number of rotatable bonds is 0. The third kappa shape index (κ3) is 1.30. The van der Waals surface area contributed by atoms with Crippen molar-refractivity contribution in [3.63, 3.8) is 0 Å². The first-order valence-corrected chi connectivity index (χ1v) is 6.23. The van der Waals surface area contributed by atoms with E-state index < -0.39 is 5.66 Å². The lowest BCUT2D eigenvalue weighted by molar-refractivity contribution is 0.559. The molecular formula is C16H18N2. The molecule has 1 aliphatic rings. The van der Waals surface area contributed by atoms with E-state index in [1.54, 1.807) is 0 Å². The highest BCUT2D eigenvalue weighted by molar-refractivity contribution is 5.99. The van der Waals surface area contributed by atoms with E-state index >= 15 is 0 Å². The van der Waals surface area contributed by atoms with Gasteiger partial charge in [0.25, 0.3) is 0 Å². The highest BCUT2D eigenvalue weighted by Gasteiger charge is 2.31. The van der Waals surface area contributed by atoms with Gasteiger partial charge in [-0.15, -0.1) is 0 Å². The summed E-state index contributed by atoms with van der Waals surface area (Å²) in [6.45, 7) is 6.28. The summed E-state index contributed by atoms with van der Waals surface area (Å²) in [7, 11) is 0. The zero-order valence-corrected chi connectivity index (χ0v) is 11.0. The van der Waals surface area contributed by atoms with Crippen LogP contribution in [-0.2, 0) is 5.66 Å². The van der Waals surface area contributed by atoms with Gasteiger partial charge < -0.3 is 11.5 Å². The molecule has 0 heterocycles. The van der Waals surface area contributed by atoms with Gasteiger partial charge in [-0.1, -0.05) is 30.3 Å². The molecule has 0 amide bonds. The average molecular weight is 238 g/mol. The van der Waals surface area contributed by atoms with Crippen LogP contribution in [-0.4, -0.2) is 0 Å². The monoisotopic (exact) mass is 238 g/mol. The minimum atomic E-state index is -0.854.